The summed E-state index contributed by atoms with van der Waals surface area (Å²) in [5.41, 5.74) is 2.31. The second-order valence-corrected chi connectivity index (χ2v) is 7.90. The Kier molecular flexibility index (Phi) is 5.25. The summed E-state index contributed by atoms with van der Waals surface area (Å²) in [6, 6.07) is 6.65. The van der Waals surface area contributed by atoms with Crippen molar-refractivity contribution in [3.63, 3.8) is 0 Å². The molecule has 1 amide bonds. The van der Waals surface area contributed by atoms with E-state index < -0.39 is 0 Å². The highest BCUT2D eigenvalue weighted by atomic mass is 16.6. The van der Waals surface area contributed by atoms with Crippen LogP contribution in [0, 0.1) is 0 Å². The minimum atomic E-state index is -0.351. The molecule has 2 fully saturated rings. The summed E-state index contributed by atoms with van der Waals surface area (Å²) < 4.78 is 12.1. The van der Waals surface area contributed by atoms with Crippen molar-refractivity contribution >= 4 is 12.2 Å². The summed E-state index contributed by atoms with van der Waals surface area (Å²) in [6.07, 6.45) is 7.83. The number of cyclic esters (lactones) is 1. The number of carbonyl (C=O) groups is 1. The van der Waals surface area contributed by atoms with Gasteiger partial charge in [-0.15, -0.1) is 0 Å². The van der Waals surface area contributed by atoms with Gasteiger partial charge < -0.3 is 19.7 Å². The molecule has 1 aromatic rings. The highest BCUT2D eigenvalue weighted by molar-refractivity contribution is 5.70. The van der Waals surface area contributed by atoms with E-state index in [0.717, 1.165) is 30.7 Å². The zero-order valence-electron chi connectivity index (χ0n) is 16.1. The Morgan fingerprint density at radius 1 is 1.30 bits per heavy atom. The molecule has 1 saturated heterocycles. The fourth-order valence-electron chi connectivity index (χ4n) is 4.11. The molecule has 2 heterocycles. The Hall–Kier alpha value is -2.21. The maximum absolute atomic E-state index is 12.3. The summed E-state index contributed by atoms with van der Waals surface area (Å²) in [5, 5.41) is 6.86. The third-order valence-electron chi connectivity index (χ3n) is 5.65. The van der Waals surface area contributed by atoms with Crippen LogP contribution < -0.4 is 15.4 Å². The first-order valence-corrected chi connectivity index (χ1v) is 10.0. The van der Waals surface area contributed by atoms with E-state index in [1.54, 1.807) is 4.90 Å². The van der Waals surface area contributed by atoms with Crippen LogP contribution in [0.3, 0.4) is 0 Å². The zero-order valence-corrected chi connectivity index (χ0v) is 16.1. The Labute approximate surface area is 160 Å². The molecule has 1 aliphatic carbocycles. The molecule has 0 bridgehead atoms. The van der Waals surface area contributed by atoms with Gasteiger partial charge in [-0.3, -0.25) is 5.32 Å². The molecular weight excluding hydrogens is 342 g/mol. The molecule has 0 spiro atoms. The van der Waals surface area contributed by atoms with E-state index >= 15 is 0 Å². The van der Waals surface area contributed by atoms with E-state index in [1.165, 1.54) is 18.4 Å². The summed E-state index contributed by atoms with van der Waals surface area (Å²) in [6.45, 7) is 5.36. The van der Waals surface area contributed by atoms with Crippen molar-refractivity contribution in [2.24, 2.45) is 0 Å². The average molecular weight is 371 g/mol. The van der Waals surface area contributed by atoms with Crippen LogP contribution in [-0.2, 0) is 11.3 Å². The molecule has 2 unspecified atom stereocenters. The van der Waals surface area contributed by atoms with Crippen molar-refractivity contribution in [3.05, 3.63) is 35.5 Å². The van der Waals surface area contributed by atoms with Gasteiger partial charge in [-0.2, -0.15) is 0 Å². The molecule has 0 aromatic heterocycles. The van der Waals surface area contributed by atoms with Crippen molar-refractivity contribution in [2.75, 3.05) is 6.54 Å². The molecule has 2 atom stereocenters. The lowest BCUT2D eigenvalue weighted by atomic mass is 10.0. The predicted molar refractivity (Wildman–Crippen MR) is 104 cm³/mol. The minimum Gasteiger partial charge on any atom is -0.471 e. The molecule has 1 aromatic carbocycles. The van der Waals surface area contributed by atoms with Gasteiger partial charge in [-0.25, -0.2) is 4.79 Å². The standard InChI is InChI=1S/C21H29N3O3/c1-14(2)24-13-19(27-21(24)25)20(23-16-7-3-4-8-16)26-18-9-5-6-15-12-22-11-10-17(15)18/h5-6,9-11,14,16,19-20,22-23H,3-4,7-8,12-13H2,1-2H3. The van der Waals surface area contributed by atoms with Gasteiger partial charge in [0.1, 0.15) is 5.75 Å². The summed E-state index contributed by atoms with van der Waals surface area (Å²) in [4.78, 5) is 14.0. The second-order valence-electron chi connectivity index (χ2n) is 7.90. The van der Waals surface area contributed by atoms with Crippen molar-refractivity contribution in [1.82, 2.24) is 15.5 Å². The van der Waals surface area contributed by atoms with E-state index in [1.807, 2.05) is 38.3 Å². The molecule has 4 rings (SSSR count). The first kappa shape index (κ1) is 18.2. The maximum Gasteiger partial charge on any atom is 0.410 e. The Morgan fingerprint density at radius 3 is 2.85 bits per heavy atom. The number of nitrogens with one attached hydrogen (secondary N) is 2. The first-order valence-electron chi connectivity index (χ1n) is 10.0. The fraction of sp³-hybridized carbons (Fsp3) is 0.571. The summed E-state index contributed by atoms with van der Waals surface area (Å²) in [5.74, 6) is 0.833. The van der Waals surface area contributed by atoms with E-state index in [2.05, 4.69) is 16.7 Å². The monoisotopic (exact) mass is 371 g/mol. The van der Waals surface area contributed by atoms with Gasteiger partial charge in [-0.1, -0.05) is 25.0 Å². The SMILES string of the molecule is CC(C)N1CC(C(NC2CCCC2)Oc2cccc3c2C=CNC3)OC1=O. The molecule has 6 nitrogen and oxygen atoms in total. The highest BCUT2D eigenvalue weighted by Gasteiger charge is 2.40. The molecule has 3 aliphatic rings. The van der Waals surface area contributed by atoms with Gasteiger partial charge in [0.05, 0.1) is 6.54 Å². The third kappa shape index (κ3) is 3.90. The van der Waals surface area contributed by atoms with Crippen molar-refractivity contribution < 1.29 is 14.3 Å². The number of hydrogen-bond acceptors (Lipinski definition) is 5. The van der Waals surface area contributed by atoms with E-state index in [-0.39, 0.29) is 24.5 Å². The van der Waals surface area contributed by atoms with Crippen LogP contribution in [0.15, 0.2) is 24.4 Å². The van der Waals surface area contributed by atoms with Crippen molar-refractivity contribution in [2.45, 2.75) is 70.5 Å². The molecule has 146 valence electrons. The van der Waals surface area contributed by atoms with Crippen LogP contribution in [0.25, 0.3) is 6.08 Å². The van der Waals surface area contributed by atoms with Gasteiger partial charge >= 0.3 is 6.09 Å². The second kappa shape index (κ2) is 7.80. The number of amides is 1. The molecule has 2 aliphatic heterocycles. The maximum atomic E-state index is 12.3. The number of carbonyl (C=O) groups excluding carboxylic acids is 1. The van der Waals surface area contributed by atoms with E-state index in [9.17, 15) is 4.79 Å². The topological polar surface area (TPSA) is 62.8 Å². The lowest BCUT2D eigenvalue weighted by molar-refractivity contribution is 0.0217. The largest absolute Gasteiger partial charge is 0.471 e. The number of hydrogen-bond donors (Lipinski definition) is 2. The third-order valence-corrected chi connectivity index (χ3v) is 5.65. The van der Waals surface area contributed by atoms with Crippen LogP contribution in [0.5, 0.6) is 5.75 Å². The van der Waals surface area contributed by atoms with Crippen LogP contribution in [0.4, 0.5) is 4.79 Å². The lowest BCUT2D eigenvalue weighted by Gasteiger charge is -2.29. The van der Waals surface area contributed by atoms with Crippen LogP contribution in [-0.4, -0.2) is 42.0 Å². The zero-order chi connectivity index (χ0) is 18.8. The number of nitrogens with zero attached hydrogens (tertiary/aromatic N) is 1. The van der Waals surface area contributed by atoms with Crippen molar-refractivity contribution in [3.8, 4) is 5.75 Å². The molecule has 6 heteroatoms. The Balaban J connectivity index is 1.56. The predicted octanol–water partition coefficient (Wildman–Crippen LogP) is 3.23. The van der Waals surface area contributed by atoms with Crippen LogP contribution in [0.1, 0.15) is 50.7 Å². The summed E-state index contributed by atoms with van der Waals surface area (Å²) in [7, 11) is 0. The number of ether oxygens (including phenoxy) is 2. The molecule has 0 radical (unpaired) electrons. The Bertz CT molecular complexity index is 713. The van der Waals surface area contributed by atoms with Gasteiger partial charge in [0.25, 0.3) is 0 Å². The normalized spacial score (nSPS) is 23.3. The number of rotatable bonds is 6. The highest BCUT2D eigenvalue weighted by Crippen LogP contribution is 2.29. The fourth-order valence-corrected chi connectivity index (χ4v) is 4.11. The quantitative estimate of drug-likeness (QED) is 0.752. The van der Waals surface area contributed by atoms with Crippen LogP contribution in [0.2, 0.25) is 0 Å². The summed E-state index contributed by atoms with van der Waals surface area (Å²) >= 11 is 0. The average Bonchev–Trinajstić information content (AvgIpc) is 3.31. The molecule has 1 saturated carbocycles. The van der Waals surface area contributed by atoms with Gasteiger partial charge in [0.2, 0.25) is 0 Å². The smallest absolute Gasteiger partial charge is 0.410 e. The molecule has 2 N–H and O–H groups in total. The van der Waals surface area contributed by atoms with Gasteiger partial charge in [0.15, 0.2) is 12.3 Å². The van der Waals surface area contributed by atoms with Crippen LogP contribution >= 0.6 is 0 Å². The number of fused-ring (bicyclic) bond motifs is 1. The van der Waals surface area contributed by atoms with Gasteiger partial charge in [0, 0.05) is 24.2 Å². The lowest BCUT2D eigenvalue weighted by Crippen LogP contribution is -2.50. The number of benzene rings is 1. The van der Waals surface area contributed by atoms with E-state index in [4.69, 9.17) is 9.47 Å². The first-order chi connectivity index (χ1) is 13.1. The van der Waals surface area contributed by atoms with E-state index in [0.29, 0.717) is 12.6 Å². The molecular formula is C21H29N3O3. The molecule has 27 heavy (non-hydrogen) atoms. The van der Waals surface area contributed by atoms with Gasteiger partial charge in [-0.05, 0) is 50.6 Å². The minimum absolute atomic E-state index is 0.119. The van der Waals surface area contributed by atoms with Crippen molar-refractivity contribution in [1.29, 1.82) is 0 Å². The Morgan fingerprint density at radius 2 is 2.11 bits per heavy atom.